The lowest BCUT2D eigenvalue weighted by Gasteiger charge is -2.26. The Bertz CT molecular complexity index is 821. The van der Waals surface area contributed by atoms with Crippen LogP contribution in [-0.4, -0.2) is 28.7 Å². The normalized spacial score (nSPS) is 14.5. The van der Waals surface area contributed by atoms with Crippen LogP contribution in [0.3, 0.4) is 0 Å². The summed E-state index contributed by atoms with van der Waals surface area (Å²) in [6.45, 7) is 5.89. The zero-order valence-corrected chi connectivity index (χ0v) is 15.2. The van der Waals surface area contributed by atoms with E-state index in [1.807, 2.05) is 45.0 Å². The highest BCUT2D eigenvalue weighted by Gasteiger charge is 2.42. The third-order valence-corrected chi connectivity index (χ3v) is 4.45. The first kappa shape index (κ1) is 17.9. The molecule has 0 saturated heterocycles. The minimum atomic E-state index is -0.844. The van der Waals surface area contributed by atoms with Gasteiger partial charge in [-0.05, 0) is 43.5 Å². The van der Waals surface area contributed by atoms with E-state index in [2.05, 4.69) is 5.32 Å². The fourth-order valence-electron chi connectivity index (χ4n) is 3.13. The van der Waals surface area contributed by atoms with Crippen molar-refractivity contribution in [3.05, 3.63) is 65.2 Å². The number of nitrogens with one attached hydrogen (secondary N) is 1. The predicted octanol–water partition coefficient (Wildman–Crippen LogP) is 3.64. The number of nitrogens with zero attached hydrogens (tertiary/aromatic N) is 1. The Morgan fingerprint density at radius 1 is 0.962 bits per heavy atom. The molecule has 0 bridgehead atoms. The first-order valence-electron chi connectivity index (χ1n) is 8.73. The van der Waals surface area contributed by atoms with Crippen LogP contribution in [0.2, 0.25) is 0 Å². The molecule has 0 saturated carbocycles. The Morgan fingerprint density at radius 2 is 1.50 bits per heavy atom. The number of aryl methyl sites for hydroxylation is 1. The number of hydrogen-bond donors (Lipinski definition) is 1. The summed E-state index contributed by atoms with van der Waals surface area (Å²) in [5.41, 5.74) is 2.44. The maximum absolute atomic E-state index is 12.9. The summed E-state index contributed by atoms with van der Waals surface area (Å²) in [5, 5.41) is 2.83. The Hall–Kier alpha value is -2.95. The zero-order chi connectivity index (χ0) is 18.8. The minimum Gasteiger partial charge on any atom is -0.324 e. The molecular formula is C21H22N2O3. The van der Waals surface area contributed by atoms with Gasteiger partial charge in [0.1, 0.15) is 6.04 Å². The molecule has 5 heteroatoms. The van der Waals surface area contributed by atoms with Gasteiger partial charge in [0.25, 0.3) is 11.8 Å². The summed E-state index contributed by atoms with van der Waals surface area (Å²) in [5.74, 6) is -1.02. The number of imide groups is 1. The van der Waals surface area contributed by atoms with Crippen LogP contribution >= 0.6 is 0 Å². The van der Waals surface area contributed by atoms with Gasteiger partial charge in [-0.1, -0.05) is 43.7 Å². The van der Waals surface area contributed by atoms with Crippen molar-refractivity contribution in [2.24, 2.45) is 5.92 Å². The van der Waals surface area contributed by atoms with E-state index < -0.39 is 17.9 Å². The highest BCUT2D eigenvalue weighted by atomic mass is 16.2. The molecule has 3 rings (SSSR count). The number of benzene rings is 2. The van der Waals surface area contributed by atoms with E-state index in [-0.39, 0.29) is 11.8 Å². The van der Waals surface area contributed by atoms with E-state index >= 15 is 0 Å². The topological polar surface area (TPSA) is 66.5 Å². The van der Waals surface area contributed by atoms with Gasteiger partial charge in [0.05, 0.1) is 11.1 Å². The van der Waals surface area contributed by atoms with Crippen molar-refractivity contribution >= 4 is 23.4 Å². The van der Waals surface area contributed by atoms with Gasteiger partial charge in [-0.25, -0.2) is 0 Å². The summed E-state index contributed by atoms with van der Waals surface area (Å²) < 4.78 is 0. The highest BCUT2D eigenvalue weighted by molar-refractivity contribution is 6.23. The van der Waals surface area contributed by atoms with Gasteiger partial charge in [0.2, 0.25) is 5.91 Å². The van der Waals surface area contributed by atoms with E-state index in [1.165, 1.54) is 0 Å². The van der Waals surface area contributed by atoms with E-state index in [0.717, 1.165) is 10.5 Å². The van der Waals surface area contributed by atoms with Crippen molar-refractivity contribution in [1.82, 2.24) is 4.90 Å². The summed E-state index contributed by atoms with van der Waals surface area (Å²) in [4.78, 5) is 39.5. The van der Waals surface area contributed by atoms with Gasteiger partial charge in [-0.15, -0.1) is 0 Å². The second kappa shape index (κ2) is 7.12. The number of fused-ring (bicyclic) bond motifs is 1. The Kier molecular flexibility index (Phi) is 4.89. The van der Waals surface area contributed by atoms with Crippen LogP contribution in [-0.2, 0) is 4.79 Å². The molecule has 0 spiro atoms. The van der Waals surface area contributed by atoms with Gasteiger partial charge in [-0.3, -0.25) is 19.3 Å². The minimum absolute atomic E-state index is 0.146. The lowest BCUT2D eigenvalue weighted by molar-refractivity contribution is -0.120. The average Bonchev–Trinajstić information content (AvgIpc) is 2.86. The SMILES string of the molecule is Cc1ccc(NC(=O)[C@H](CC(C)C)N2C(=O)c3ccccc3C2=O)cc1. The molecule has 1 heterocycles. The summed E-state index contributed by atoms with van der Waals surface area (Å²) in [6.07, 6.45) is 0.406. The Labute approximate surface area is 153 Å². The van der Waals surface area contributed by atoms with Crippen molar-refractivity contribution in [2.75, 3.05) is 5.32 Å². The first-order chi connectivity index (χ1) is 12.4. The summed E-state index contributed by atoms with van der Waals surface area (Å²) in [6, 6.07) is 13.3. The maximum Gasteiger partial charge on any atom is 0.262 e. The molecule has 1 N–H and O–H groups in total. The second-order valence-electron chi connectivity index (χ2n) is 7.03. The van der Waals surface area contributed by atoms with Crippen molar-refractivity contribution in [1.29, 1.82) is 0 Å². The molecule has 26 heavy (non-hydrogen) atoms. The maximum atomic E-state index is 12.9. The Balaban J connectivity index is 1.89. The summed E-state index contributed by atoms with van der Waals surface area (Å²) >= 11 is 0. The lowest BCUT2D eigenvalue weighted by Crippen LogP contribution is -2.47. The van der Waals surface area contributed by atoms with E-state index in [1.54, 1.807) is 24.3 Å². The van der Waals surface area contributed by atoms with Crippen LogP contribution in [0.4, 0.5) is 5.69 Å². The molecule has 3 amide bonds. The third-order valence-electron chi connectivity index (χ3n) is 4.45. The zero-order valence-electron chi connectivity index (χ0n) is 15.2. The van der Waals surface area contributed by atoms with E-state index in [0.29, 0.717) is 23.2 Å². The number of carbonyl (C=O) groups is 3. The van der Waals surface area contributed by atoms with Gasteiger partial charge in [-0.2, -0.15) is 0 Å². The number of anilines is 1. The van der Waals surface area contributed by atoms with E-state index in [4.69, 9.17) is 0 Å². The van der Waals surface area contributed by atoms with Gasteiger partial charge < -0.3 is 5.32 Å². The van der Waals surface area contributed by atoms with Gasteiger partial charge in [0.15, 0.2) is 0 Å². The molecule has 1 atom stereocenters. The highest BCUT2D eigenvalue weighted by Crippen LogP contribution is 2.27. The first-order valence-corrected chi connectivity index (χ1v) is 8.73. The number of hydrogen-bond acceptors (Lipinski definition) is 3. The molecule has 2 aromatic carbocycles. The smallest absolute Gasteiger partial charge is 0.262 e. The van der Waals surface area contributed by atoms with Crippen LogP contribution in [0.15, 0.2) is 48.5 Å². The summed E-state index contributed by atoms with van der Waals surface area (Å²) in [7, 11) is 0. The van der Waals surface area contributed by atoms with E-state index in [9.17, 15) is 14.4 Å². The van der Waals surface area contributed by atoms with Gasteiger partial charge in [0, 0.05) is 5.69 Å². The quantitative estimate of drug-likeness (QED) is 0.837. The number of carbonyl (C=O) groups excluding carboxylic acids is 3. The molecule has 134 valence electrons. The molecule has 0 aliphatic carbocycles. The molecule has 2 aromatic rings. The van der Waals surface area contributed by atoms with Crippen LogP contribution < -0.4 is 5.32 Å². The predicted molar refractivity (Wildman–Crippen MR) is 100.0 cm³/mol. The molecule has 0 aromatic heterocycles. The second-order valence-corrected chi connectivity index (χ2v) is 7.03. The van der Waals surface area contributed by atoms with Crippen LogP contribution in [0, 0.1) is 12.8 Å². The van der Waals surface area contributed by atoms with Crippen LogP contribution in [0.1, 0.15) is 46.5 Å². The van der Waals surface area contributed by atoms with Crippen LogP contribution in [0.25, 0.3) is 0 Å². The molecule has 5 nitrogen and oxygen atoms in total. The Morgan fingerprint density at radius 3 is 2.00 bits per heavy atom. The molecule has 0 unspecified atom stereocenters. The van der Waals surface area contributed by atoms with Crippen molar-refractivity contribution in [3.8, 4) is 0 Å². The van der Waals surface area contributed by atoms with Crippen molar-refractivity contribution in [2.45, 2.75) is 33.2 Å². The molecule has 1 aliphatic rings. The standard InChI is InChI=1S/C21H22N2O3/c1-13(2)12-18(19(24)22-15-10-8-14(3)9-11-15)23-20(25)16-6-4-5-7-17(16)21(23)26/h4-11,13,18H,12H2,1-3H3,(H,22,24)/t18-/m0/s1. The third kappa shape index (κ3) is 3.38. The van der Waals surface area contributed by atoms with Crippen molar-refractivity contribution in [3.63, 3.8) is 0 Å². The molecule has 0 fully saturated rings. The fraction of sp³-hybridized carbons (Fsp3) is 0.286. The largest absolute Gasteiger partial charge is 0.324 e. The fourth-order valence-corrected chi connectivity index (χ4v) is 3.13. The van der Waals surface area contributed by atoms with Gasteiger partial charge >= 0.3 is 0 Å². The van der Waals surface area contributed by atoms with Crippen molar-refractivity contribution < 1.29 is 14.4 Å². The van der Waals surface area contributed by atoms with Crippen LogP contribution in [0.5, 0.6) is 0 Å². The average molecular weight is 350 g/mol. The number of rotatable bonds is 5. The number of amides is 3. The lowest BCUT2D eigenvalue weighted by atomic mass is 10.0. The molecule has 0 radical (unpaired) electrons. The molecule has 1 aliphatic heterocycles. The molecular weight excluding hydrogens is 328 g/mol. The monoisotopic (exact) mass is 350 g/mol.